The number of nitrogens with two attached hydrogens (primary N) is 1. The molecular weight excluding hydrogens is 250 g/mol. The maximum Gasteiger partial charge on any atom is 0.259 e. The summed E-state index contributed by atoms with van der Waals surface area (Å²) in [5.74, 6) is -0.210. The highest BCUT2D eigenvalue weighted by atomic mass is 35.5. The number of aromatic nitrogens is 1. The van der Waals surface area contributed by atoms with Crippen molar-refractivity contribution in [3.8, 4) is 0 Å². The van der Waals surface area contributed by atoms with Crippen LogP contribution >= 0.6 is 11.6 Å². The van der Waals surface area contributed by atoms with E-state index in [1.165, 1.54) is 11.1 Å². The van der Waals surface area contributed by atoms with Crippen LogP contribution in [0.2, 0.25) is 5.02 Å². The molecule has 2 aromatic rings. The molecule has 0 unspecified atom stereocenters. The summed E-state index contributed by atoms with van der Waals surface area (Å²) in [5, 5.41) is 0.418. The molecule has 1 aromatic heterocycles. The number of benzene rings is 1. The van der Waals surface area contributed by atoms with Crippen molar-refractivity contribution < 1.29 is 4.79 Å². The van der Waals surface area contributed by atoms with Crippen LogP contribution in [0.15, 0.2) is 42.7 Å². The molecular formula is C13H12ClN3O. The highest BCUT2D eigenvalue weighted by molar-refractivity contribution is 6.34. The van der Waals surface area contributed by atoms with Crippen LogP contribution in [0.25, 0.3) is 0 Å². The molecule has 1 aromatic carbocycles. The van der Waals surface area contributed by atoms with E-state index in [-0.39, 0.29) is 5.91 Å². The molecule has 1 amide bonds. The molecule has 2 N–H and O–H groups in total. The second-order valence-corrected chi connectivity index (χ2v) is 4.19. The normalized spacial score (nSPS) is 10.1. The molecule has 4 nitrogen and oxygen atoms in total. The Kier molecular flexibility index (Phi) is 3.48. The number of nitrogens with zero attached hydrogens (tertiary/aromatic N) is 2. The quantitative estimate of drug-likeness (QED) is 0.904. The summed E-state index contributed by atoms with van der Waals surface area (Å²) in [4.78, 5) is 17.6. The Hall–Kier alpha value is -2.07. The third-order valence-electron chi connectivity index (χ3n) is 2.60. The number of amides is 1. The zero-order valence-corrected chi connectivity index (χ0v) is 10.6. The standard InChI is InChI=1S/C13H12ClN3O/c1-17(12-6-7-16-8-11(12)15)13(18)9-4-2-3-5-10(9)14/h2-8H,15H2,1H3. The zero-order valence-electron chi connectivity index (χ0n) is 9.80. The molecule has 0 fully saturated rings. The molecule has 92 valence electrons. The predicted octanol–water partition coefficient (Wildman–Crippen LogP) is 2.59. The van der Waals surface area contributed by atoms with Crippen LogP contribution < -0.4 is 10.6 Å². The Morgan fingerprint density at radius 1 is 1.33 bits per heavy atom. The SMILES string of the molecule is CN(C(=O)c1ccccc1Cl)c1ccncc1N. The lowest BCUT2D eigenvalue weighted by Crippen LogP contribution is -2.27. The Balaban J connectivity index is 2.36. The lowest BCUT2D eigenvalue weighted by atomic mass is 10.2. The highest BCUT2D eigenvalue weighted by Crippen LogP contribution is 2.24. The number of nitrogen functional groups attached to an aromatic ring is 1. The Labute approximate surface area is 110 Å². The van der Waals surface area contributed by atoms with Gasteiger partial charge in [0.05, 0.1) is 28.2 Å². The number of hydrogen-bond acceptors (Lipinski definition) is 3. The molecule has 0 radical (unpaired) electrons. The van der Waals surface area contributed by atoms with Gasteiger partial charge in [0.1, 0.15) is 0 Å². The van der Waals surface area contributed by atoms with Crippen molar-refractivity contribution in [1.29, 1.82) is 0 Å². The molecule has 5 heteroatoms. The number of halogens is 1. The van der Waals surface area contributed by atoms with Gasteiger partial charge >= 0.3 is 0 Å². The van der Waals surface area contributed by atoms with Crippen LogP contribution in [0.1, 0.15) is 10.4 Å². The number of hydrogen-bond donors (Lipinski definition) is 1. The van der Waals surface area contributed by atoms with Gasteiger partial charge in [-0.15, -0.1) is 0 Å². The largest absolute Gasteiger partial charge is 0.396 e. The first-order valence-electron chi connectivity index (χ1n) is 5.33. The molecule has 0 saturated carbocycles. The third-order valence-corrected chi connectivity index (χ3v) is 2.93. The van der Waals surface area contributed by atoms with Crippen molar-refractivity contribution in [2.24, 2.45) is 0 Å². The van der Waals surface area contributed by atoms with E-state index in [1.54, 1.807) is 43.6 Å². The zero-order chi connectivity index (χ0) is 13.1. The first-order valence-corrected chi connectivity index (χ1v) is 5.71. The van der Waals surface area contributed by atoms with Gasteiger partial charge in [-0.25, -0.2) is 0 Å². The number of carbonyl (C=O) groups is 1. The first-order chi connectivity index (χ1) is 8.61. The van der Waals surface area contributed by atoms with E-state index in [9.17, 15) is 4.79 Å². The van der Waals surface area contributed by atoms with E-state index in [2.05, 4.69) is 4.98 Å². The monoisotopic (exact) mass is 261 g/mol. The van der Waals surface area contributed by atoms with Crippen LogP contribution in [0.4, 0.5) is 11.4 Å². The van der Waals surface area contributed by atoms with Crippen LogP contribution in [0.3, 0.4) is 0 Å². The molecule has 18 heavy (non-hydrogen) atoms. The van der Waals surface area contributed by atoms with E-state index >= 15 is 0 Å². The van der Waals surface area contributed by atoms with Crippen LogP contribution in [-0.4, -0.2) is 17.9 Å². The minimum Gasteiger partial charge on any atom is -0.396 e. The molecule has 1 heterocycles. The van der Waals surface area contributed by atoms with E-state index in [4.69, 9.17) is 17.3 Å². The van der Waals surface area contributed by atoms with Crippen LogP contribution in [-0.2, 0) is 0 Å². The van der Waals surface area contributed by atoms with Gasteiger partial charge in [-0.2, -0.15) is 0 Å². The second kappa shape index (κ2) is 5.06. The fourth-order valence-corrected chi connectivity index (χ4v) is 1.85. The Morgan fingerprint density at radius 3 is 2.72 bits per heavy atom. The molecule has 0 spiro atoms. The van der Waals surface area contributed by atoms with E-state index in [0.717, 1.165) is 0 Å². The molecule has 0 aliphatic carbocycles. The van der Waals surface area contributed by atoms with Gasteiger partial charge in [-0.05, 0) is 18.2 Å². The van der Waals surface area contributed by atoms with Gasteiger partial charge in [-0.1, -0.05) is 23.7 Å². The molecule has 0 bridgehead atoms. The fourth-order valence-electron chi connectivity index (χ4n) is 1.63. The predicted molar refractivity (Wildman–Crippen MR) is 72.8 cm³/mol. The second-order valence-electron chi connectivity index (χ2n) is 3.78. The van der Waals surface area contributed by atoms with Gasteiger partial charge in [-0.3, -0.25) is 9.78 Å². The van der Waals surface area contributed by atoms with Crippen molar-refractivity contribution in [2.75, 3.05) is 17.7 Å². The lowest BCUT2D eigenvalue weighted by molar-refractivity contribution is 0.0993. The van der Waals surface area contributed by atoms with E-state index < -0.39 is 0 Å². The molecule has 0 aliphatic heterocycles. The van der Waals surface area contributed by atoms with Gasteiger partial charge < -0.3 is 10.6 Å². The van der Waals surface area contributed by atoms with Crippen LogP contribution in [0.5, 0.6) is 0 Å². The van der Waals surface area contributed by atoms with Crippen LogP contribution in [0, 0.1) is 0 Å². The molecule has 0 aliphatic rings. The van der Waals surface area contributed by atoms with Crippen molar-refractivity contribution in [2.45, 2.75) is 0 Å². The van der Waals surface area contributed by atoms with Crippen molar-refractivity contribution in [1.82, 2.24) is 4.98 Å². The number of rotatable bonds is 2. The smallest absolute Gasteiger partial charge is 0.259 e. The van der Waals surface area contributed by atoms with E-state index in [1.807, 2.05) is 0 Å². The Morgan fingerprint density at radius 2 is 2.06 bits per heavy atom. The minimum atomic E-state index is -0.210. The highest BCUT2D eigenvalue weighted by Gasteiger charge is 2.17. The summed E-state index contributed by atoms with van der Waals surface area (Å²) in [6.07, 6.45) is 3.09. The first kappa shape index (κ1) is 12.4. The van der Waals surface area contributed by atoms with Gasteiger partial charge in [0, 0.05) is 13.2 Å². The summed E-state index contributed by atoms with van der Waals surface area (Å²) < 4.78 is 0. The molecule has 2 rings (SSSR count). The fraction of sp³-hybridized carbons (Fsp3) is 0.0769. The number of anilines is 2. The summed E-state index contributed by atoms with van der Waals surface area (Å²) in [7, 11) is 1.65. The number of carbonyl (C=O) groups excluding carboxylic acids is 1. The lowest BCUT2D eigenvalue weighted by Gasteiger charge is -2.19. The maximum absolute atomic E-state index is 12.3. The van der Waals surface area contributed by atoms with Gasteiger partial charge in [0.15, 0.2) is 0 Å². The summed E-state index contributed by atoms with van der Waals surface area (Å²) >= 11 is 6.00. The van der Waals surface area contributed by atoms with Crippen molar-refractivity contribution in [3.05, 3.63) is 53.3 Å². The van der Waals surface area contributed by atoms with Gasteiger partial charge in [0.2, 0.25) is 0 Å². The molecule has 0 atom stereocenters. The average molecular weight is 262 g/mol. The number of pyridine rings is 1. The van der Waals surface area contributed by atoms with Crippen molar-refractivity contribution in [3.63, 3.8) is 0 Å². The maximum atomic E-state index is 12.3. The third kappa shape index (κ3) is 2.28. The summed E-state index contributed by atoms with van der Waals surface area (Å²) in [5.41, 5.74) is 7.28. The Bertz CT molecular complexity index is 586. The molecule has 0 saturated heterocycles. The summed E-state index contributed by atoms with van der Waals surface area (Å²) in [6, 6.07) is 8.59. The average Bonchev–Trinajstić information content (AvgIpc) is 2.38. The summed E-state index contributed by atoms with van der Waals surface area (Å²) in [6.45, 7) is 0. The minimum absolute atomic E-state index is 0.210. The topological polar surface area (TPSA) is 59.2 Å². The van der Waals surface area contributed by atoms with E-state index in [0.29, 0.717) is 22.0 Å². The van der Waals surface area contributed by atoms with Gasteiger partial charge in [0.25, 0.3) is 5.91 Å². The van der Waals surface area contributed by atoms with Crippen molar-refractivity contribution >= 4 is 28.9 Å².